The van der Waals surface area contributed by atoms with E-state index in [1.807, 2.05) is 0 Å². The summed E-state index contributed by atoms with van der Waals surface area (Å²) in [6.07, 6.45) is 6.89. The lowest BCUT2D eigenvalue weighted by atomic mass is 9.87. The minimum atomic E-state index is 0.812. The highest BCUT2D eigenvalue weighted by Crippen LogP contribution is 2.33. The molecule has 1 N–H and O–H groups in total. The van der Waals surface area contributed by atoms with E-state index in [0.29, 0.717) is 0 Å². The minimum Gasteiger partial charge on any atom is -0.311 e. The third-order valence-electron chi connectivity index (χ3n) is 2.82. The Labute approximate surface area is 77.5 Å². The number of hydrogen-bond donors (Lipinski definition) is 2. The van der Waals surface area contributed by atoms with Gasteiger partial charge in [0.15, 0.2) is 0 Å². The fraction of sp³-hybridized carbons (Fsp3) is 1.00. The smallest absolute Gasteiger partial charge is 0.0178 e. The van der Waals surface area contributed by atoms with Crippen LogP contribution in [0.2, 0.25) is 0 Å². The first kappa shape index (κ1) is 8.27. The maximum absolute atomic E-state index is 4.30. The summed E-state index contributed by atoms with van der Waals surface area (Å²) in [6, 6.07) is 1.62. The lowest BCUT2D eigenvalue weighted by Gasteiger charge is -2.39. The zero-order valence-corrected chi connectivity index (χ0v) is 8.33. The van der Waals surface area contributed by atoms with Gasteiger partial charge in [-0.1, -0.05) is 17.2 Å². The van der Waals surface area contributed by atoms with Crippen LogP contribution in [-0.4, -0.2) is 17.3 Å². The third kappa shape index (κ3) is 1.87. The molecule has 1 nitrogen and oxygen atoms in total. The largest absolute Gasteiger partial charge is 0.311 e. The van der Waals surface area contributed by atoms with E-state index in [2.05, 4.69) is 17.0 Å². The maximum Gasteiger partial charge on any atom is 0.0178 e. The Kier molecular flexibility index (Phi) is 2.69. The predicted octanol–water partition coefficient (Wildman–Crippen LogP) is 2.24. The SMILES string of the molecule is SSC1CC2CCCC(C1)N2. The molecule has 0 aromatic heterocycles. The molecule has 2 aliphatic rings. The van der Waals surface area contributed by atoms with Gasteiger partial charge in [0.1, 0.15) is 0 Å². The molecule has 0 aromatic carbocycles. The zero-order valence-electron chi connectivity index (χ0n) is 6.62. The molecule has 0 aliphatic carbocycles. The lowest BCUT2D eigenvalue weighted by Crippen LogP contribution is -2.49. The summed E-state index contributed by atoms with van der Waals surface area (Å²) in [7, 11) is 1.76. The molecule has 2 unspecified atom stereocenters. The van der Waals surface area contributed by atoms with Crippen LogP contribution >= 0.6 is 22.5 Å². The first-order chi connectivity index (χ1) is 5.38. The molecule has 2 saturated heterocycles. The molecule has 11 heavy (non-hydrogen) atoms. The summed E-state index contributed by atoms with van der Waals surface area (Å²) in [4.78, 5) is 0. The van der Waals surface area contributed by atoms with Gasteiger partial charge in [-0.15, -0.1) is 11.7 Å². The highest BCUT2D eigenvalue weighted by molar-refractivity contribution is 8.68. The van der Waals surface area contributed by atoms with Crippen LogP contribution in [0.5, 0.6) is 0 Å². The quantitative estimate of drug-likeness (QED) is 0.485. The van der Waals surface area contributed by atoms with Gasteiger partial charge in [-0.25, -0.2) is 0 Å². The highest BCUT2D eigenvalue weighted by Gasteiger charge is 2.30. The second-order valence-corrected chi connectivity index (χ2v) is 5.20. The van der Waals surface area contributed by atoms with E-state index in [4.69, 9.17) is 0 Å². The maximum atomic E-state index is 4.30. The van der Waals surface area contributed by atoms with Crippen molar-refractivity contribution in [3.05, 3.63) is 0 Å². The molecule has 0 radical (unpaired) electrons. The molecule has 0 spiro atoms. The Morgan fingerprint density at radius 3 is 2.36 bits per heavy atom. The first-order valence-corrected chi connectivity index (χ1v) is 6.38. The second-order valence-electron chi connectivity index (χ2n) is 3.69. The Bertz CT molecular complexity index is 128. The van der Waals surface area contributed by atoms with Gasteiger partial charge in [0, 0.05) is 17.3 Å². The van der Waals surface area contributed by atoms with Crippen molar-refractivity contribution in [2.45, 2.75) is 49.4 Å². The van der Waals surface area contributed by atoms with Crippen LogP contribution in [0.15, 0.2) is 0 Å². The van der Waals surface area contributed by atoms with E-state index in [-0.39, 0.29) is 0 Å². The molecule has 2 aliphatic heterocycles. The van der Waals surface area contributed by atoms with Gasteiger partial charge < -0.3 is 5.32 Å². The number of piperidine rings is 2. The zero-order chi connectivity index (χ0) is 7.68. The Morgan fingerprint density at radius 1 is 1.18 bits per heavy atom. The lowest BCUT2D eigenvalue weighted by molar-refractivity contribution is 0.249. The molecule has 2 bridgehead atoms. The molecule has 2 atom stereocenters. The fourth-order valence-corrected chi connectivity index (χ4v) is 3.45. The number of nitrogens with one attached hydrogen (secondary N) is 1. The van der Waals surface area contributed by atoms with Gasteiger partial charge in [-0.3, -0.25) is 0 Å². The molecule has 2 fully saturated rings. The number of fused-ring (bicyclic) bond motifs is 2. The molecular weight excluding hydrogens is 174 g/mol. The first-order valence-electron chi connectivity index (χ1n) is 4.45. The van der Waals surface area contributed by atoms with Crippen LogP contribution in [-0.2, 0) is 0 Å². The minimum absolute atomic E-state index is 0.812. The molecule has 0 aromatic rings. The molecule has 2 heterocycles. The van der Waals surface area contributed by atoms with E-state index in [0.717, 1.165) is 17.3 Å². The van der Waals surface area contributed by atoms with Gasteiger partial charge in [0.25, 0.3) is 0 Å². The normalized spacial score (nSPS) is 43.9. The predicted molar refractivity (Wildman–Crippen MR) is 54.2 cm³/mol. The van der Waals surface area contributed by atoms with Crippen LogP contribution in [0.4, 0.5) is 0 Å². The topological polar surface area (TPSA) is 12.0 Å². The third-order valence-corrected chi connectivity index (χ3v) is 4.40. The van der Waals surface area contributed by atoms with Crippen molar-refractivity contribution in [2.75, 3.05) is 0 Å². The van der Waals surface area contributed by atoms with Crippen LogP contribution in [0.3, 0.4) is 0 Å². The summed E-state index contributed by atoms with van der Waals surface area (Å²) in [6.45, 7) is 0. The van der Waals surface area contributed by atoms with Gasteiger partial charge in [-0.05, 0) is 25.7 Å². The summed E-state index contributed by atoms with van der Waals surface area (Å²) < 4.78 is 0. The van der Waals surface area contributed by atoms with Crippen molar-refractivity contribution in [1.82, 2.24) is 5.32 Å². The van der Waals surface area contributed by atoms with Crippen molar-refractivity contribution in [2.24, 2.45) is 0 Å². The monoisotopic (exact) mass is 189 g/mol. The summed E-state index contributed by atoms with van der Waals surface area (Å²) in [5.74, 6) is 0. The van der Waals surface area contributed by atoms with E-state index in [1.165, 1.54) is 32.1 Å². The molecule has 3 heteroatoms. The molecular formula is C8H15NS2. The molecule has 0 amide bonds. The van der Waals surface area contributed by atoms with Gasteiger partial charge in [0.05, 0.1) is 0 Å². The molecule has 64 valence electrons. The van der Waals surface area contributed by atoms with Crippen LogP contribution in [0, 0.1) is 0 Å². The highest BCUT2D eigenvalue weighted by atomic mass is 33.1. The van der Waals surface area contributed by atoms with E-state index in [9.17, 15) is 0 Å². The van der Waals surface area contributed by atoms with E-state index >= 15 is 0 Å². The van der Waals surface area contributed by atoms with E-state index in [1.54, 1.807) is 10.8 Å². The van der Waals surface area contributed by atoms with Gasteiger partial charge in [0.2, 0.25) is 0 Å². The number of rotatable bonds is 1. The number of hydrogen-bond acceptors (Lipinski definition) is 3. The van der Waals surface area contributed by atoms with Gasteiger partial charge >= 0.3 is 0 Å². The fourth-order valence-electron chi connectivity index (χ4n) is 2.30. The Morgan fingerprint density at radius 2 is 1.82 bits per heavy atom. The average Bonchev–Trinajstić information content (AvgIpc) is 2.03. The Balaban J connectivity index is 1.94. The van der Waals surface area contributed by atoms with Crippen molar-refractivity contribution >= 4 is 22.5 Å². The standard InChI is InChI=1S/C8H15NS2/c10-11-8-4-6-2-1-3-7(5-8)9-6/h6-10H,1-5H2. The summed E-state index contributed by atoms with van der Waals surface area (Å²) in [5, 5.41) is 4.48. The van der Waals surface area contributed by atoms with Gasteiger partial charge in [-0.2, -0.15) is 0 Å². The summed E-state index contributed by atoms with van der Waals surface area (Å²) >= 11 is 4.30. The van der Waals surface area contributed by atoms with Crippen molar-refractivity contribution < 1.29 is 0 Å². The van der Waals surface area contributed by atoms with Crippen LogP contribution in [0.25, 0.3) is 0 Å². The van der Waals surface area contributed by atoms with E-state index < -0.39 is 0 Å². The van der Waals surface area contributed by atoms with Crippen LogP contribution in [0.1, 0.15) is 32.1 Å². The average molecular weight is 189 g/mol. The molecule has 2 rings (SSSR count). The second kappa shape index (κ2) is 3.58. The summed E-state index contributed by atoms with van der Waals surface area (Å²) in [5.41, 5.74) is 0. The van der Waals surface area contributed by atoms with Crippen LogP contribution < -0.4 is 5.32 Å². The number of thiol groups is 1. The van der Waals surface area contributed by atoms with Crippen molar-refractivity contribution in [3.63, 3.8) is 0 Å². The van der Waals surface area contributed by atoms with Crippen molar-refractivity contribution in [1.29, 1.82) is 0 Å². The molecule has 0 saturated carbocycles. The van der Waals surface area contributed by atoms with Crippen molar-refractivity contribution in [3.8, 4) is 0 Å². The Hall–Kier alpha value is 0.660.